The first-order valence-corrected chi connectivity index (χ1v) is 6.37. The quantitative estimate of drug-likeness (QED) is 0.288. The molecule has 0 bridgehead atoms. The van der Waals surface area contributed by atoms with Crippen molar-refractivity contribution in [2.75, 3.05) is 40.0 Å². The Kier molecular flexibility index (Phi) is 11.6. The van der Waals surface area contributed by atoms with Crippen LogP contribution in [0.4, 0.5) is 0 Å². The van der Waals surface area contributed by atoms with Gasteiger partial charge < -0.3 is 30.0 Å². The monoisotopic (exact) mass is 290 g/mol. The second-order valence-corrected chi connectivity index (χ2v) is 3.92. The molecule has 0 radical (unpaired) electrons. The summed E-state index contributed by atoms with van der Waals surface area (Å²) in [6, 6.07) is -0.716. The number of carbonyl (C=O) groups is 3. The van der Waals surface area contributed by atoms with Crippen LogP contribution in [0.25, 0.3) is 0 Å². The number of hydrogen-bond donors (Lipinski definition) is 3. The van der Waals surface area contributed by atoms with Gasteiger partial charge in [0.15, 0.2) is 0 Å². The van der Waals surface area contributed by atoms with Gasteiger partial charge in [0.2, 0.25) is 5.91 Å². The van der Waals surface area contributed by atoms with E-state index in [0.717, 1.165) is 0 Å². The summed E-state index contributed by atoms with van der Waals surface area (Å²) in [6.45, 7) is 1.42. The second kappa shape index (κ2) is 12.5. The first-order chi connectivity index (χ1) is 9.61. The molecule has 8 heteroatoms. The Labute approximate surface area is 117 Å². The van der Waals surface area contributed by atoms with Crippen LogP contribution in [-0.2, 0) is 23.9 Å². The number of carbonyl (C=O) groups excluding carboxylic acids is 2. The Morgan fingerprint density at radius 2 is 1.95 bits per heavy atom. The minimum atomic E-state index is -0.973. The molecule has 0 unspecified atom stereocenters. The predicted octanol–water partition coefficient (Wildman–Crippen LogP) is -1.21. The molecule has 0 saturated heterocycles. The van der Waals surface area contributed by atoms with Crippen molar-refractivity contribution >= 4 is 18.2 Å². The Balaban J connectivity index is 3.45. The first-order valence-electron chi connectivity index (χ1n) is 6.37. The first kappa shape index (κ1) is 18.5. The van der Waals surface area contributed by atoms with Gasteiger partial charge in [-0.05, 0) is 13.5 Å². The van der Waals surface area contributed by atoms with Gasteiger partial charge in [-0.3, -0.25) is 9.59 Å². The van der Waals surface area contributed by atoms with Gasteiger partial charge >= 0.3 is 5.97 Å². The summed E-state index contributed by atoms with van der Waals surface area (Å²) >= 11 is 0. The minimum absolute atomic E-state index is 0.0519. The average Bonchev–Trinajstić information content (AvgIpc) is 2.42. The van der Waals surface area contributed by atoms with Crippen molar-refractivity contribution in [3.05, 3.63) is 0 Å². The maximum absolute atomic E-state index is 11.4. The fourth-order valence-electron chi connectivity index (χ4n) is 1.37. The van der Waals surface area contributed by atoms with E-state index in [2.05, 4.69) is 10.6 Å². The highest BCUT2D eigenvalue weighted by atomic mass is 16.5. The van der Waals surface area contributed by atoms with Crippen LogP contribution in [0.2, 0.25) is 0 Å². The summed E-state index contributed by atoms with van der Waals surface area (Å²) in [7, 11) is 1.54. The molecule has 3 N–H and O–H groups in total. The summed E-state index contributed by atoms with van der Waals surface area (Å²) in [5.74, 6) is -1.19. The van der Waals surface area contributed by atoms with Crippen molar-refractivity contribution in [1.82, 2.24) is 10.6 Å². The molecular formula is C12H22N2O6. The van der Waals surface area contributed by atoms with Crippen LogP contribution in [0.1, 0.15) is 12.8 Å². The molecule has 0 rings (SSSR count). The smallest absolute Gasteiger partial charge is 0.320 e. The molecule has 0 aliphatic heterocycles. The second-order valence-electron chi connectivity index (χ2n) is 3.92. The number of ether oxygens (including phenoxy) is 2. The van der Waals surface area contributed by atoms with Gasteiger partial charge in [0.25, 0.3) is 0 Å². The zero-order valence-electron chi connectivity index (χ0n) is 11.6. The summed E-state index contributed by atoms with van der Waals surface area (Å²) in [6.07, 6.45) is 1.04. The van der Waals surface area contributed by atoms with Crippen LogP contribution >= 0.6 is 0 Å². The van der Waals surface area contributed by atoms with Crippen LogP contribution in [-0.4, -0.2) is 69.3 Å². The highest BCUT2D eigenvalue weighted by Gasteiger charge is 2.15. The summed E-state index contributed by atoms with van der Waals surface area (Å²) in [5, 5.41) is 14.0. The van der Waals surface area contributed by atoms with Crippen molar-refractivity contribution in [1.29, 1.82) is 0 Å². The van der Waals surface area contributed by atoms with Crippen molar-refractivity contribution in [3.63, 3.8) is 0 Å². The van der Waals surface area contributed by atoms with Crippen molar-refractivity contribution in [2.45, 2.75) is 18.9 Å². The molecule has 0 aliphatic carbocycles. The topological polar surface area (TPSA) is 114 Å². The van der Waals surface area contributed by atoms with Gasteiger partial charge in [-0.2, -0.15) is 0 Å². The van der Waals surface area contributed by atoms with Gasteiger partial charge in [0.05, 0.1) is 19.8 Å². The highest BCUT2D eigenvalue weighted by Crippen LogP contribution is 1.96. The number of aliphatic carboxylic acids is 1. The molecule has 0 fully saturated rings. The lowest BCUT2D eigenvalue weighted by atomic mass is 10.1. The zero-order valence-corrected chi connectivity index (χ0v) is 11.6. The van der Waals surface area contributed by atoms with E-state index in [1.807, 2.05) is 0 Å². The van der Waals surface area contributed by atoms with Gasteiger partial charge in [-0.25, -0.2) is 0 Å². The normalized spacial score (nSPS) is 11.8. The molecule has 0 aromatic rings. The zero-order chi connectivity index (χ0) is 15.2. The lowest BCUT2D eigenvalue weighted by Gasteiger charge is -2.11. The fraction of sp³-hybridized carbons (Fsp3) is 0.750. The number of amides is 1. The molecule has 0 aromatic carbocycles. The van der Waals surface area contributed by atoms with Crippen LogP contribution in [0.15, 0.2) is 0 Å². The SMILES string of the molecule is CN[C@@H](CCC(=O)NCCOCCOCC=O)C(=O)O. The Morgan fingerprint density at radius 3 is 2.55 bits per heavy atom. The van der Waals surface area contributed by atoms with E-state index >= 15 is 0 Å². The summed E-state index contributed by atoms with van der Waals surface area (Å²) < 4.78 is 10.0. The molecule has 116 valence electrons. The standard InChI is InChI=1S/C12H22N2O6/c1-13-10(12(17)18)2-3-11(16)14-4-6-19-8-9-20-7-5-15/h5,10,13H,2-4,6-9H2,1H3,(H,14,16)(H,17,18)/t10-/m0/s1. The van der Waals surface area contributed by atoms with E-state index in [4.69, 9.17) is 14.6 Å². The number of rotatable bonds is 13. The number of likely N-dealkylation sites (N-methyl/N-ethyl adjacent to an activating group) is 1. The molecule has 8 nitrogen and oxygen atoms in total. The van der Waals surface area contributed by atoms with Crippen LogP contribution in [0.3, 0.4) is 0 Å². The van der Waals surface area contributed by atoms with Crippen molar-refractivity contribution < 1.29 is 29.0 Å². The highest BCUT2D eigenvalue weighted by molar-refractivity contribution is 5.78. The third-order valence-electron chi connectivity index (χ3n) is 2.43. The van der Waals surface area contributed by atoms with Gasteiger partial charge in [0, 0.05) is 13.0 Å². The van der Waals surface area contributed by atoms with Gasteiger partial charge in [-0.1, -0.05) is 0 Å². The minimum Gasteiger partial charge on any atom is -0.480 e. The van der Waals surface area contributed by atoms with Crippen LogP contribution < -0.4 is 10.6 Å². The molecule has 0 saturated carbocycles. The van der Waals surface area contributed by atoms with E-state index < -0.39 is 12.0 Å². The summed E-state index contributed by atoms with van der Waals surface area (Å²) in [5.41, 5.74) is 0. The number of carboxylic acids is 1. The largest absolute Gasteiger partial charge is 0.480 e. The number of nitrogens with one attached hydrogen (secondary N) is 2. The van der Waals surface area contributed by atoms with Gasteiger partial charge in [-0.15, -0.1) is 0 Å². The number of carboxylic acid groups (broad SMARTS) is 1. The van der Waals surface area contributed by atoms with Crippen LogP contribution in [0.5, 0.6) is 0 Å². The van der Waals surface area contributed by atoms with Crippen molar-refractivity contribution in [2.24, 2.45) is 0 Å². The molecule has 0 spiro atoms. The van der Waals surface area contributed by atoms with E-state index in [0.29, 0.717) is 32.7 Å². The van der Waals surface area contributed by atoms with Crippen LogP contribution in [0, 0.1) is 0 Å². The molecule has 1 amide bonds. The Morgan fingerprint density at radius 1 is 1.25 bits per heavy atom. The van der Waals surface area contributed by atoms with Gasteiger partial charge in [0.1, 0.15) is 18.9 Å². The fourth-order valence-corrected chi connectivity index (χ4v) is 1.37. The van der Waals surface area contributed by atoms with E-state index in [-0.39, 0.29) is 25.4 Å². The molecule has 1 atom stereocenters. The molecule has 0 aromatic heterocycles. The predicted molar refractivity (Wildman–Crippen MR) is 70.4 cm³/mol. The third kappa shape index (κ3) is 10.4. The van der Waals surface area contributed by atoms with E-state index in [9.17, 15) is 14.4 Å². The Bertz CT molecular complexity index is 298. The molecule has 0 aliphatic rings. The third-order valence-corrected chi connectivity index (χ3v) is 2.43. The molecule has 20 heavy (non-hydrogen) atoms. The maximum atomic E-state index is 11.4. The maximum Gasteiger partial charge on any atom is 0.320 e. The van der Waals surface area contributed by atoms with Crippen molar-refractivity contribution in [3.8, 4) is 0 Å². The summed E-state index contributed by atoms with van der Waals surface area (Å²) in [4.78, 5) is 32.0. The van der Waals surface area contributed by atoms with E-state index in [1.165, 1.54) is 7.05 Å². The Hall–Kier alpha value is -1.51. The average molecular weight is 290 g/mol. The lowest BCUT2D eigenvalue weighted by Crippen LogP contribution is -2.36. The number of hydrogen-bond acceptors (Lipinski definition) is 6. The molecule has 0 heterocycles. The molecular weight excluding hydrogens is 268 g/mol. The number of aldehydes is 1. The van der Waals surface area contributed by atoms with E-state index in [1.54, 1.807) is 0 Å². The lowest BCUT2D eigenvalue weighted by molar-refractivity contribution is -0.139.